The lowest BCUT2D eigenvalue weighted by molar-refractivity contribution is -0.138. The minimum absolute atomic E-state index is 0.384. The van der Waals surface area contributed by atoms with Crippen molar-refractivity contribution in [3.05, 3.63) is 120 Å². The Morgan fingerprint density at radius 1 is 0.562 bits per heavy atom. The van der Waals surface area contributed by atoms with Gasteiger partial charge in [0.15, 0.2) is 0 Å². The first-order valence-electron chi connectivity index (χ1n) is 16.4. The third-order valence-corrected chi connectivity index (χ3v) is 7.73. The van der Waals surface area contributed by atoms with Crippen molar-refractivity contribution in [2.24, 2.45) is 22.9 Å². The first-order valence-corrected chi connectivity index (χ1v) is 16.4. The van der Waals surface area contributed by atoms with Gasteiger partial charge in [0.25, 0.3) is 0 Å². The molecule has 3 aromatic rings. The van der Waals surface area contributed by atoms with Gasteiger partial charge in [0.05, 0.1) is 13.2 Å². The zero-order chi connectivity index (χ0) is 34.8. The zero-order valence-electron chi connectivity index (χ0n) is 27.7. The molecule has 0 aliphatic carbocycles. The Labute approximate surface area is 284 Å². The molecule has 0 amide bonds. The molecule has 0 unspecified atom stereocenters. The van der Waals surface area contributed by atoms with Crippen molar-refractivity contribution in [2.75, 3.05) is 13.2 Å². The molecular formula is C38H50N4O6. The number of aryl methyl sites for hydroxylation is 2. The van der Waals surface area contributed by atoms with Gasteiger partial charge in [-0.1, -0.05) is 93.4 Å². The molecule has 0 radical (unpaired) electrons. The van der Waals surface area contributed by atoms with Gasteiger partial charge >= 0.3 is 11.9 Å². The highest BCUT2D eigenvalue weighted by atomic mass is 16.5. The van der Waals surface area contributed by atoms with E-state index in [1.807, 2.05) is 48.5 Å². The van der Waals surface area contributed by atoms with Crippen LogP contribution in [0, 0.1) is 0 Å². The average Bonchev–Trinajstić information content (AvgIpc) is 3.07. The Hall–Kier alpha value is -4.48. The fourth-order valence-corrected chi connectivity index (χ4v) is 5.01. The number of unbranched alkanes of at least 4 members (excludes halogenated alkanes) is 6. The summed E-state index contributed by atoms with van der Waals surface area (Å²) in [6, 6.07) is 22.3. The van der Waals surface area contributed by atoms with Crippen LogP contribution in [-0.4, -0.2) is 25.2 Å². The predicted molar refractivity (Wildman–Crippen MR) is 187 cm³/mol. The molecule has 0 atom stereocenters. The van der Waals surface area contributed by atoms with Crippen LogP contribution in [0.25, 0.3) is 0 Å². The van der Waals surface area contributed by atoms with Gasteiger partial charge in [0, 0.05) is 29.3 Å². The Morgan fingerprint density at radius 3 is 1.31 bits per heavy atom. The molecule has 0 heterocycles. The van der Waals surface area contributed by atoms with Crippen molar-refractivity contribution >= 4 is 11.9 Å². The highest BCUT2D eigenvalue weighted by Gasteiger charge is 2.27. The standard InChI is InChI=1S/C38H50N4O6/c1-3-35(43)45-26-11-7-5-9-14-29-18-22-31(23-19-29)37(39,40)47-33-16-13-17-34(28-33)48-38(41,42)32-24-20-30(21-25-32)15-10-6-8-12-27-46-36(44)4-2/h3-4,13,16-25,28H,1-2,5-12,14-15,26-27,39-42H2. The monoisotopic (exact) mass is 658 g/mol. The molecule has 48 heavy (non-hydrogen) atoms. The maximum atomic E-state index is 11.1. The Kier molecular flexibility index (Phi) is 15.3. The largest absolute Gasteiger partial charge is 0.463 e. The van der Waals surface area contributed by atoms with E-state index in [2.05, 4.69) is 13.2 Å². The Balaban J connectivity index is 1.45. The number of esters is 2. The summed E-state index contributed by atoms with van der Waals surface area (Å²) >= 11 is 0. The van der Waals surface area contributed by atoms with Crippen LogP contribution in [0.1, 0.15) is 73.6 Å². The van der Waals surface area contributed by atoms with Gasteiger partial charge in [0.2, 0.25) is 11.7 Å². The maximum Gasteiger partial charge on any atom is 0.330 e. The molecule has 0 aliphatic rings. The number of hydrogen-bond acceptors (Lipinski definition) is 10. The van der Waals surface area contributed by atoms with Gasteiger partial charge in [-0.15, -0.1) is 0 Å². The van der Waals surface area contributed by atoms with Crippen molar-refractivity contribution in [1.29, 1.82) is 0 Å². The molecule has 3 rings (SSSR count). The van der Waals surface area contributed by atoms with E-state index < -0.39 is 11.7 Å². The average molecular weight is 659 g/mol. The van der Waals surface area contributed by atoms with Gasteiger partial charge < -0.3 is 18.9 Å². The summed E-state index contributed by atoms with van der Waals surface area (Å²) in [7, 11) is 0. The molecule has 0 saturated carbocycles. The van der Waals surface area contributed by atoms with Crippen LogP contribution in [0.15, 0.2) is 98.1 Å². The molecule has 0 aliphatic heterocycles. The van der Waals surface area contributed by atoms with E-state index >= 15 is 0 Å². The van der Waals surface area contributed by atoms with Crippen molar-refractivity contribution in [3.63, 3.8) is 0 Å². The summed E-state index contributed by atoms with van der Waals surface area (Å²) in [5, 5.41) is 0. The number of ether oxygens (including phenoxy) is 4. The number of hydrogen-bond donors (Lipinski definition) is 4. The molecule has 0 fully saturated rings. The number of carbonyl (C=O) groups is 2. The molecule has 3 aromatic carbocycles. The number of nitrogens with two attached hydrogens (primary N) is 4. The van der Waals surface area contributed by atoms with E-state index in [0.717, 1.165) is 64.2 Å². The first-order chi connectivity index (χ1) is 23.0. The summed E-state index contributed by atoms with van der Waals surface area (Å²) in [6.07, 6.45) is 11.9. The number of carbonyl (C=O) groups excluding carboxylic acids is 2. The quantitative estimate of drug-likeness (QED) is 0.0463. The van der Waals surface area contributed by atoms with Gasteiger partial charge in [0.1, 0.15) is 11.5 Å². The van der Waals surface area contributed by atoms with Crippen molar-refractivity contribution < 1.29 is 28.5 Å². The van der Waals surface area contributed by atoms with E-state index in [9.17, 15) is 9.59 Å². The van der Waals surface area contributed by atoms with Gasteiger partial charge in [-0.25, -0.2) is 9.59 Å². The van der Waals surface area contributed by atoms with E-state index in [-0.39, 0.29) is 11.9 Å². The van der Waals surface area contributed by atoms with Crippen molar-refractivity contribution in [2.45, 2.75) is 75.9 Å². The summed E-state index contributed by atoms with van der Waals surface area (Å²) in [5.74, 6) is -3.15. The van der Waals surface area contributed by atoms with Crippen LogP contribution in [0.5, 0.6) is 11.5 Å². The second kappa shape index (κ2) is 19.4. The van der Waals surface area contributed by atoms with Gasteiger partial charge in [-0.3, -0.25) is 22.9 Å². The number of benzene rings is 3. The minimum Gasteiger partial charge on any atom is -0.463 e. The summed E-state index contributed by atoms with van der Waals surface area (Å²) in [6.45, 7) is 7.61. The fraction of sp³-hybridized carbons (Fsp3) is 0.368. The SMILES string of the molecule is C=CC(=O)OCCCCCCc1ccc(C(N)(N)Oc2cccc(OC(N)(N)c3ccc(CCCCCCOC(=O)C=C)cc3)c2)cc1. The van der Waals surface area contributed by atoms with Crippen LogP contribution in [0.3, 0.4) is 0 Å². The highest BCUT2D eigenvalue weighted by molar-refractivity contribution is 5.81. The summed E-state index contributed by atoms with van der Waals surface area (Å²) in [5.41, 5.74) is 29.1. The summed E-state index contributed by atoms with van der Waals surface area (Å²) in [4.78, 5) is 22.2. The maximum absolute atomic E-state index is 11.1. The van der Waals surface area contributed by atoms with E-state index in [0.29, 0.717) is 35.8 Å². The third-order valence-electron chi connectivity index (χ3n) is 7.73. The van der Waals surface area contributed by atoms with Crippen molar-refractivity contribution in [1.82, 2.24) is 0 Å². The van der Waals surface area contributed by atoms with Crippen LogP contribution in [-0.2, 0) is 43.6 Å². The Morgan fingerprint density at radius 2 is 0.938 bits per heavy atom. The van der Waals surface area contributed by atoms with Crippen LogP contribution in [0.4, 0.5) is 0 Å². The topological polar surface area (TPSA) is 175 Å². The molecule has 0 aromatic heterocycles. The lowest BCUT2D eigenvalue weighted by atomic mass is 10.0. The fourth-order valence-electron chi connectivity index (χ4n) is 5.01. The molecular weight excluding hydrogens is 608 g/mol. The third kappa shape index (κ3) is 13.3. The van der Waals surface area contributed by atoms with Crippen LogP contribution >= 0.6 is 0 Å². The second-order valence-electron chi connectivity index (χ2n) is 11.7. The Bertz CT molecular complexity index is 1350. The molecule has 258 valence electrons. The lowest BCUT2D eigenvalue weighted by Crippen LogP contribution is -2.51. The lowest BCUT2D eigenvalue weighted by Gasteiger charge is -2.28. The molecule has 8 N–H and O–H groups in total. The molecule has 0 saturated heterocycles. The molecule has 10 nitrogen and oxygen atoms in total. The summed E-state index contributed by atoms with van der Waals surface area (Å²) < 4.78 is 21.9. The molecule has 10 heteroatoms. The van der Waals surface area contributed by atoms with Gasteiger partial charge in [-0.2, -0.15) is 0 Å². The molecule has 0 bridgehead atoms. The van der Waals surface area contributed by atoms with E-state index in [4.69, 9.17) is 41.9 Å². The molecule has 0 spiro atoms. The van der Waals surface area contributed by atoms with Gasteiger partial charge in [-0.05, 0) is 61.8 Å². The zero-order valence-corrected chi connectivity index (χ0v) is 27.7. The first kappa shape index (κ1) is 38.0. The second-order valence-corrected chi connectivity index (χ2v) is 11.7. The smallest absolute Gasteiger partial charge is 0.330 e. The van der Waals surface area contributed by atoms with E-state index in [1.165, 1.54) is 23.3 Å². The van der Waals surface area contributed by atoms with Crippen LogP contribution in [0.2, 0.25) is 0 Å². The predicted octanol–water partition coefficient (Wildman–Crippen LogP) is 5.56. The minimum atomic E-state index is -1.59. The normalized spacial score (nSPS) is 11.4. The van der Waals surface area contributed by atoms with E-state index in [1.54, 1.807) is 24.3 Å². The van der Waals surface area contributed by atoms with Crippen molar-refractivity contribution in [3.8, 4) is 11.5 Å². The highest BCUT2D eigenvalue weighted by Crippen LogP contribution is 2.28. The number of rotatable bonds is 22. The van der Waals surface area contributed by atoms with Crippen LogP contribution < -0.4 is 32.4 Å².